The highest BCUT2D eigenvalue weighted by Crippen LogP contribution is 2.27. The summed E-state index contributed by atoms with van der Waals surface area (Å²) in [6, 6.07) is 13.2. The van der Waals surface area contributed by atoms with Crippen molar-refractivity contribution in [3.05, 3.63) is 70.3 Å². The molecule has 2 aliphatic heterocycles. The molecule has 0 fully saturated rings. The van der Waals surface area contributed by atoms with E-state index in [2.05, 4.69) is 18.2 Å². The van der Waals surface area contributed by atoms with E-state index in [9.17, 15) is 14.4 Å². The van der Waals surface area contributed by atoms with Crippen molar-refractivity contribution >= 4 is 17.9 Å². The molecule has 2 heterocycles. The van der Waals surface area contributed by atoms with Crippen molar-refractivity contribution in [3.8, 4) is 0 Å². The summed E-state index contributed by atoms with van der Waals surface area (Å²) in [5.41, 5.74) is 3.85. The summed E-state index contributed by atoms with van der Waals surface area (Å²) in [4.78, 5) is 40.3. The van der Waals surface area contributed by atoms with Gasteiger partial charge in [0.05, 0.1) is 11.1 Å². The molecular weight excluding hydrogens is 380 g/mol. The molecule has 0 radical (unpaired) electrons. The lowest BCUT2D eigenvalue weighted by Crippen LogP contribution is -2.33. The van der Waals surface area contributed by atoms with Crippen LogP contribution in [0.3, 0.4) is 0 Å². The lowest BCUT2D eigenvalue weighted by Gasteiger charge is -2.24. The van der Waals surface area contributed by atoms with Crippen LogP contribution in [0.4, 0.5) is 4.79 Å². The van der Waals surface area contributed by atoms with Gasteiger partial charge in [0.15, 0.2) is 0 Å². The Morgan fingerprint density at radius 3 is 2.23 bits per heavy atom. The van der Waals surface area contributed by atoms with Crippen molar-refractivity contribution in [3.63, 3.8) is 0 Å². The minimum absolute atomic E-state index is 0.211. The molecule has 2 aromatic rings. The van der Waals surface area contributed by atoms with Crippen LogP contribution in [0.25, 0.3) is 0 Å². The molecule has 0 saturated carbocycles. The number of amides is 3. The number of hydrogen-bond acceptors (Lipinski definition) is 4. The van der Waals surface area contributed by atoms with Gasteiger partial charge in [-0.05, 0) is 62.4 Å². The van der Waals surface area contributed by atoms with Crippen molar-refractivity contribution in [2.45, 2.75) is 52.3 Å². The van der Waals surface area contributed by atoms with Gasteiger partial charge < -0.3 is 4.74 Å². The van der Waals surface area contributed by atoms with E-state index in [1.165, 1.54) is 4.90 Å². The van der Waals surface area contributed by atoms with Gasteiger partial charge in [-0.1, -0.05) is 30.3 Å². The van der Waals surface area contributed by atoms with Gasteiger partial charge in [-0.2, -0.15) is 0 Å². The average Bonchev–Trinajstić information content (AvgIpc) is 3.22. The Morgan fingerprint density at radius 1 is 0.967 bits per heavy atom. The second kappa shape index (κ2) is 7.59. The van der Waals surface area contributed by atoms with Crippen molar-refractivity contribution in [1.29, 1.82) is 0 Å². The van der Waals surface area contributed by atoms with Crippen LogP contribution in [-0.2, 0) is 24.2 Å². The van der Waals surface area contributed by atoms with Gasteiger partial charge in [-0.3, -0.25) is 19.4 Å². The van der Waals surface area contributed by atoms with Crippen molar-refractivity contribution in [1.82, 2.24) is 9.80 Å². The van der Waals surface area contributed by atoms with E-state index in [0.29, 0.717) is 37.2 Å². The van der Waals surface area contributed by atoms with Crippen LogP contribution < -0.4 is 0 Å². The van der Waals surface area contributed by atoms with E-state index >= 15 is 0 Å². The fourth-order valence-corrected chi connectivity index (χ4v) is 3.94. The molecule has 3 amide bonds. The second-order valence-corrected chi connectivity index (χ2v) is 8.85. The number of hydrogen-bond donors (Lipinski definition) is 0. The molecule has 2 aliphatic rings. The Morgan fingerprint density at radius 2 is 1.60 bits per heavy atom. The quantitative estimate of drug-likeness (QED) is 0.715. The van der Waals surface area contributed by atoms with Crippen molar-refractivity contribution in [2.75, 3.05) is 6.54 Å². The third kappa shape index (κ3) is 3.95. The summed E-state index contributed by atoms with van der Waals surface area (Å²) in [5.74, 6) is -0.421. The van der Waals surface area contributed by atoms with Crippen molar-refractivity contribution < 1.29 is 19.1 Å². The van der Waals surface area contributed by atoms with Crippen molar-refractivity contribution in [2.24, 2.45) is 0 Å². The summed E-state index contributed by atoms with van der Waals surface area (Å²) >= 11 is 0. The fourth-order valence-electron chi connectivity index (χ4n) is 3.94. The number of imide groups is 1. The van der Waals surface area contributed by atoms with Crippen LogP contribution in [0.15, 0.2) is 42.5 Å². The maximum Gasteiger partial charge on any atom is 0.410 e. The first-order valence-electron chi connectivity index (χ1n) is 10.3. The van der Waals surface area contributed by atoms with Gasteiger partial charge >= 0.3 is 6.09 Å². The molecule has 156 valence electrons. The molecule has 0 N–H and O–H groups in total. The van der Waals surface area contributed by atoms with E-state index in [1.54, 1.807) is 29.2 Å². The van der Waals surface area contributed by atoms with Gasteiger partial charge in [-0.15, -0.1) is 0 Å². The normalized spacial score (nSPS) is 15.4. The largest absolute Gasteiger partial charge is 0.444 e. The topological polar surface area (TPSA) is 66.9 Å². The predicted octanol–water partition coefficient (Wildman–Crippen LogP) is 4.17. The number of fused-ring (bicyclic) bond motifs is 2. The number of ether oxygens (including phenoxy) is 1. The smallest absolute Gasteiger partial charge is 0.410 e. The highest BCUT2D eigenvalue weighted by Gasteiger charge is 2.34. The Hall–Kier alpha value is -3.15. The second-order valence-electron chi connectivity index (χ2n) is 8.85. The lowest BCUT2D eigenvalue weighted by atomic mass is 10.0. The molecule has 4 rings (SSSR count). The number of aryl methyl sites for hydroxylation is 1. The fraction of sp³-hybridized carbons (Fsp3) is 0.375. The number of benzene rings is 2. The van der Waals surface area contributed by atoms with E-state index in [-0.39, 0.29) is 17.9 Å². The summed E-state index contributed by atoms with van der Waals surface area (Å²) in [6.45, 7) is 7.07. The third-order valence-corrected chi connectivity index (χ3v) is 5.37. The van der Waals surface area contributed by atoms with Crippen LogP contribution in [0, 0.1) is 0 Å². The van der Waals surface area contributed by atoms with Crippen LogP contribution in [0.5, 0.6) is 0 Å². The van der Waals surface area contributed by atoms with Gasteiger partial charge in [0, 0.05) is 19.6 Å². The summed E-state index contributed by atoms with van der Waals surface area (Å²) < 4.78 is 5.47. The molecule has 6 heteroatoms. The number of rotatable bonds is 4. The van der Waals surface area contributed by atoms with E-state index in [1.807, 2.05) is 20.8 Å². The molecule has 0 saturated heterocycles. The SMILES string of the molecule is CC(C)(C)OC(=O)N1Cc2ccc(CCCN3C(=O)c4ccccc4C3=O)cc2C1. The molecule has 30 heavy (non-hydrogen) atoms. The third-order valence-electron chi connectivity index (χ3n) is 5.37. The first kappa shape index (κ1) is 20.1. The zero-order valence-electron chi connectivity index (χ0n) is 17.6. The monoisotopic (exact) mass is 406 g/mol. The maximum absolute atomic E-state index is 12.5. The standard InChI is InChI=1S/C24H26N2O4/c1-24(2,3)30-23(29)25-14-17-11-10-16(13-18(17)15-25)7-6-12-26-21(27)19-8-4-5-9-20(19)22(26)28/h4-5,8-11,13H,6-7,12,14-15H2,1-3H3. The molecule has 0 aromatic heterocycles. The number of nitrogens with zero attached hydrogens (tertiary/aromatic N) is 2. The molecule has 0 bridgehead atoms. The van der Waals surface area contributed by atoms with Gasteiger partial charge in [0.1, 0.15) is 5.60 Å². The van der Waals surface area contributed by atoms with Crippen LogP contribution in [-0.4, -0.2) is 39.9 Å². The zero-order valence-corrected chi connectivity index (χ0v) is 17.6. The van der Waals surface area contributed by atoms with E-state index in [0.717, 1.165) is 23.1 Å². The summed E-state index contributed by atoms with van der Waals surface area (Å²) in [7, 11) is 0. The van der Waals surface area contributed by atoms with Gasteiger partial charge in [0.25, 0.3) is 11.8 Å². The Labute approximate surface area is 176 Å². The Kier molecular flexibility index (Phi) is 5.10. The first-order chi connectivity index (χ1) is 14.2. The molecular formula is C24H26N2O4. The van der Waals surface area contributed by atoms with E-state index in [4.69, 9.17) is 4.74 Å². The minimum Gasteiger partial charge on any atom is -0.444 e. The minimum atomic E-state index is -0.513. The lowest BCUT2D eigenvalue weighted by molar-refractivity contribution is 0.0241. The number of carbonyl (C=O) groups excluding carboxylic acids is 3. The van der Waals surface area contributed by atoms with Crippen LogP contribution >= 0.6 is 0 Å². The van der Waals surface area contributed by atoms with Gasteiger partial charge in [-0.25, -0.2) is 4.79 Å². The van der Waals surface area contributed by atoms with Crippen LogP contribution in [0.2, 0.25) is 0 Å². The molecule has 0 atom stereocenters. The Balaban J connectivity index is 1.34. The summed E-state index contributed by atoms with van der Waals surface area (Å²) in [6.07, 6.45) is 1.15. The Bertz CT molecular complexity index is 987. The van der Waals surface area contributed by atoms with Crippen LogP contribution in [0.1, 0.15) is 64.6 Å². The summed E-state index contributed by atoms with van der Waals surface area (Å²) in [5, 5.41) is 0. The molecule has 0 spiro atoms. The average molecular weight is 406 g/mol. The zero-order chi connectivity index (χ0) is 21.5. The highest BCUT2D eigenvalue weighted by atomic mass is 16.6. The first-order valence-corrected chi connectivity index (χ1v) is 10.3. The predicted molar refractivity (Wildman–Crippen MR) is 112 cm³/mol. The molecule has 2 aromatic carbocycles. The molecule has 0 aliphatic carbocycles. The maximum atomic E-state index is 12.5. The van der Waals surface area contributed by atoms with Gasteiger partial charge in [0.2, 0.25) is 0 Å². The van der Waals surface area contributed by atoms with E-state index < -0.39 is 5.60 Å². The highest BCUT2D eigenvalue weighted by molar-refractivity contribution is 6.21. The number of carbonyl (C=O) groups is 3. The molecule has 0 unspecified atom stereocenters. The molecule has 6 nitrogen and oxygen atoms in total.